The topological polar surface area (TPSA) is 100 Å². The molecule has 1 aliphatic rings. The predicted octanol–water partition coefficient (Wildman–Crippen LogP) is 3.19. The Morgan fingerprint density at radius 1 is 1.12 bits per heavy atom. The van der Waals surface area contributed by atoms with Crippen LogP contribution in [0.4, 0.5) is 5.69 Å². The highest BCUT2D eigenvalue weighted by Gasteiger charge is 2.28. The van der Waals surface area contributed by atoms with Crippen LogP contribution in [0.5, 0.6) is 5.75 Å². The molecule has 0 unspecified atom stereocenters. The zero-order valence-electron chi connectivity index (χ0n) is 18.8. The maximum Gasteiger partial charge on any atom is 0.326 e. The Labute approximate surface area is 201 Å². The van der Waals surface area contributed by atoms with Gasteiger partial charge in [0.2, 0.25) is 0 Å². The minimum atomic E-state index is -0.522. The van der Waals surface area contributed by atoms with E-state index in [0.29, 0.717) is 31.3 Å². The summed E-state index contributed by atoms with van der Waals surface area (Å²) < 4.78 is 21.3. The molecule has 0 fully saturated rings. The molecule has 9 nitrogen and oxygen atoms in total. The summed E-state index contributed by atoms with van der Waals surface area (Å²) in [6.45, 7) is 3.48. The Balaban J connectivity index is 1.42. The molecule has 0 aliphatic carbocycles. The predicted molar refractivity (Wildman–Crippen MR) is 127 cm³/mol. The Morgan fingerprint density at radius 3 is 2.79 bits per heavy atom. The van der Waals surface area contributed by atoms with E-state index in [1.54, 1.807) is 18.3 Å². The lowest BCUT2D eigenvalue weighted by atomic mass is 10.1. The summed E-state index contributed by atoms with van der Waals surface area (Å²) in [5.74, 6) is -0.316. The molecule has 3 aromatic rings. The van der Waals surface area contributed by atoms with Crippen LogP contribution in [0.2, 0.25) is 0 Å². The summed E-state index contributed by atoms with van der Waals surface area (Å²) >= 11 is 1.48. The molecule has 4 rings (SSSR count). The molecular weight excluding hydrogens is 458 g/mol. The number of ether oxygens (including phenoxy) is 4. The maximum absolute atomic E-state index is 12.5. The fourth-order valence-corrected chi connectivity index (χ4v) is 4.11. The number of fused-ring (bicyclic) bond motifs is 1. The molecular formula is C24H25N3O6S. The highest BCUT2D eigenvalue weighted by Crippen LogP contribution is 2.37. The van der Waals surface area contributed by atoms with Crippen molar-refractivity contribution in [2.75, 3.05) is 51.1 Å². The lowest BCUT2D eigenvalue weighted by Crippen LogP contribution is -2.42. The van der Waals surface area contributed by atoms with Crippen molar-refractivity contribution in [1.82, 2.24) is 9.97 Å². The van der Waals surface area contributed by atoms with Gasteiger partial charge in [0.15, 0.2) is 6.61 Å². The van der Waals surface area contributed by atoms with Crippen molar-refractivity contribution in [3.05, 3.63) is 48.0 Å². The lowest BCUT2D eigenvalue weighted by molar-refractivity contribution is -0.144. The van der Waals surface area contributed by atoms with Gasteiger partial charge in [-0.1, -0.05) is 6.07 Å². The fraction of sp³-hybridized carbons (Fsp3) is 0.333. The third-order valence-corrected chi connectivity index (χ3v) is 5.80. The van der Waals surface area contributed by atoms with Crippen LogP contribution in [0.15, 0.2) is 48.0 Å². The van der Waals surface area contributed by atoms with Crippen LogP contribution in [0.3, 0.4) is 0 Å². The van der Waals surface area contributed by atoms with E-state index < -0.39 is 5.97 Å². The SMILES string of the molecule is CCOCCOCCOC(=O)CN1C(=O)COc2ccc(-c3csc(-c4ccccn4)n3)cc21. The van der Waals surface area contributed by atoms with E-state index in [-0.39, 0.29) is 32.3 Å². The second kappa shape index (κ2) is 11.7. The number of hydrogen-bond acceptors (Lipinski definition) is 9. The first-order valence-corrected chi connectivity index (χ1v) is 11.8. The van der Waals surface area contributed by atoms with Gasteiger partial charge in [-0.05, 0) is 37.3 Å². The van der Waals surface area contributed by atoms with Crippen LogP contribution in [-0.4, -0.2) is 68.0 Å². The third-order valence-electron chi connectivity index (χ3n) is 4.94. The lowest BCUT2D eigenvalue weighted by Gasteiger charge is -2.29. The molecule has 178 valence electrons. The smallest absolute Gasteiger partial charge is 0.326 e. The fourth-order valence-electron chi connectivity index (χ4n) is 3.30. The summed E-state index contributed by atoms with van der Waals surface area (Å²) in [7, 11) is 0. The average Bonchev–Trinajstić information content (AvgIpc) is 3.36. The number of carbonyl (C=O) groups excluding carboxylic acids is 2. The summed E-state index contributed by atoms with van der Waals surface area (Å²) in [5.41, 5.74) is 2.85. The van der Waals surface area contributed by atoms with Crippen LogP contribution in [0.25, 0.3) is 22.0 Å². The first-order valence-electron chi connectivity index (χ1n) is 10.9. The van der Waals surface area contributed by atoms with Gasteiger partial charge in [0.25, 0.3) is 5.91 Å². The van der Waals surface area contributed by atoms with Gasteiger partial charge in [0, 0.05) is 23.7 Å². The Hall–Kier alpha value is -3.34. The maximum atomic E-state index is 12.5. The van der Waals surface area contributed by atoms with Crippen molar-refractivity contribution >= 4 is 28.9 Å². The number of esters is 1. The molecule has 10 heteroatoms. The van der Waals surface area contributed by atoms with Gasteiger partial charge >= 0.3 is 5.97 Å². The van der Waals surface area contributed by atoms with E-state index in [4.69, 9.17) is 18.9 Å². The number of anilines is 1. The summed E-state index contributed by atoms with van der Waals surface area (Å²) in [4.78, 5) is 35.3. The Morgan fingerprint density at radius 2 is 1.97 bits per heavy atom. The van der Waals surface area contributed by atoms with Crippen LogP contribution in [0.1, 0.15) is 6.92 Å². The standard InChI is InChI=1S/C24H25N3O6S/c1-2-30-9-10-31-11-12-32-23(29)14-27-20-13-17(6-7-21(20)33-15-22(27)28)19-16-34-24(26-19)18-5-3-4-8-25-18/h3-8,13,16H,2,9-12,14-15H2,1H3. The van der Waals surface area contributed by atoms with Crippen molar-refractivity contribution in [3.63, 3.8) is 0 Å². The highest BCUT2D eigenvalue weighted by molar-refractivity contribution is 7.13. The summed E-state index contributed by atoms with van der Waals surface area (Å²) in [6, 6.07) is 11.1. The highest BCUT2D eigenvalue weighted by atomic mass is 32.1. The van der Waals surface area contributed by atoms with Crippen molar-refractivity contribution in [2.24, 2.45) is 0 Å². The monoisotopic (exact) mass is 483 g/mol. The minimum absolute atomic E-state index is 0.103. The zero-order chi connectivity index (χ0) is 23.8. The van der Waals surface area contributed by atoms with E-state index >= 15 is 0 Å². The van der Waals surface area contributed by atoms with Crippen molar-refractivity contribution in [1.29, 1.82) is 0 Å². The van der Waals surface area contributed by atoms with E-state index in [2.05, 4.69) is 9.97 Å². The van der Waals surface area contributed by atoms with Gasteiger partial charge in [-0.3, -0.25) is 19.5 Å². The van der Waals surface area contributed by atoms with Crippen molar-refractivity contribution in [2.45, 2.75) is 6.92 Å². The van der Waals surface area contributed by atoms with Gasteiger partial charge in [-0.2, -0.15) is 0 Å². The largest absolute Gasteiger partial charge is 0.482 e. The van der Waals surface area contributed by atoms with Crippen LogP contribution in [0, 0.1) is 0 Å². The number of hydrogen-bond donors (Lipinski definition) is 0. The molecule has 3 heterocycles. The van der Waals surface area contributed by atoms with E-state index in [1.165, 1.54) is 16.2 Å². The molecule has 0 bridgehead atoms. The molecule has 2 aromatic heterocycles. The summed E-state index contributed by atoms with van der Waals surface area (Å²) in [6.07, 6.45) is 1.72. The first-order chi connectivity index (χ1) is 16.7. The van der Waals surface area contributed by atoms with Crippen LogP contribution < -0.4 is 9.64 Å². The Kier molecular flexibility index (Phi) is 8.18. The molecule has 34 heavy (non-hydrogen) atoms. The molecule has 0 saturated heterocycles. The average molecular weight is 484 g/mol. The second-order valence-electron chi connectivity index (χ2n) is 7.23. The molecule has 0 spiro atoms. The van der Waals surface area contributed by atoms with E-state index in [1.807, 2.05) is 36.6 Å². The number of carbonyl (C=O) groups is 2. The van der Waals surface area contributed by atoms with Crippen molar-refractivity contribution < 1.29 is 28.5 Å². The Bertz CT molecular complexity index is 1120. The first kappa shape index (κ1) is 23.8. The summed E-state index contributed by atoms with van der Waals surface area (Å²) in [5, 5.41) is 2.73. The van der Waals surface area contributed by atoms with E-state index in [9.17, 15) is 9.59 Å². The number of thiazole rings is 1. The zero-order valence-corrected chi connectivity index (χ0v) is 19.6. The van der Waals surface area contributed by atoms with Gasteiger partial charge < -0.3 is 18.9 Å². The third kappa shape index (κ3) is 5.96. The van der Waals surface area contributed by atoms with Gasteiger partial charge in [0.1, 0.15) is 23.9 Å². The molecule has 1 amide bonds. The molecule has 0 saturated carbocycles. The second-order valence-corrected chi connectivity index (χ2v) is 8.09. The quantitative estimate of drug-likeness (QED) is 0.303. The minimum Gasteiger partial charge on any atom is -0.482 e. The molecule has 1 aliphatic heterocycles. The van der Waals surface area contributed by atoms with Gasteiger partial charge in [0.05, 0.1) is 36.9 Å². The number of pyridine rings is 1. The van der Waals surface area contributed by atoms with E-state index in [0.717, 1.165) is 22.0 Å². The van der Waals surface area contributed by atoms with Crippen LogP contribution in [-0.2, 0) is 23.8 Å². The molecule has 0 N–H and O–H groups in total. The van der Waals surface area contributed by atoms with Gasteiger partial charge in [-0.15, -0.1) is 11.3 Å². The molecule has 0 radical (unpaired) electrons. The number of rotatable bonds is 11. The number of benzene rings is 1. The molecule has 1 aromatic carbocycles. The number of aromatic nitrogens is 2. The van der Waals surface area contributed by atoms with Crippen molar-refractivity contribution in [3.8, 4) is 27.7 Å². The number of amides is 1. The number of nitrogens with zero attached hydrogens (tertiary/aromatic N) is 3. The van der Waals surface area contributed by atoms with Crippen LogP contribution >= 0.6 is 11.3 Å². The van der Waals surface area contributed by atoms with Gasteiger partial charge in [-0.25, -0.2) is 4.98 Å². The molecule has 0 atom stereocenters. The normalized spacial score (nSPS) is 12.9.